The van der Waals surface area contributed by atoms with Gasteiger partial charge in [-0.25, -0.2) is 0 Å². The molecule has 0 radical (unpaired) electrons. The van der Waals surface area contributed by atoms with Crippen LogP contribution in [0.3, 0.4) is 0 Å². The summed E-state index contributed by atoms with van der Waals surface area (Å²) in [4.78, 5) is 0. The molecule has 0 saturated heterocycles. The van der Waals surface area contributed by atoms with Crippen molar-refractivity contribution in [3.8, 4) is 5.75 Å². The first kappa shape index (κ1) is 15.1. The molecule has 0 amide bonds. The van der Waals surface area contributed by atoms with Crippen LogP contribution in [-0.2, 0) is 6.61 Å². The van der Waals surface area contributed by atoms with Gasteiger partial charge in [-0.05, 0) is 30.3 Å². The SMILES string of the molecule is F[B-](F)(F)c1ccc(OCc2cc(Cl)ccc2Cl)cc1. The standard InChI is InChI=1S/C13H9BCl2F3O/c15-11-3-6-13(16)9(7-11)8-20-12-4-1-10(2-5-12)14(17,18)19/h1-7H,8H2/q-1. The molecule has 2 rings (SSSR count). The van der Waals surface area contributed by atoms with Crippen LogP contribution in [0.4, 0.5) is 12.9 Å². The van der Waals surface area contributed by atoms with Gasteiger partial charge >= 0.3 is 6.98 Å². The van der Waals surface area contributed by atoms with Gasteiger partial charge in [0.05, 0.1) is 0 Å². The Labute approximate surface area is 124 Å². The van der Waals surface area contributed by atoms with Crippen LogP contribution in [-0.4, -0.2) is 6.98 Å². The van der Waals surface area contributed by atoms with Gasteiger partial charge in [0.2, 0.25) is 0 Å². The second kappa shape index (κ2) is 5.98. The van der Waals surface area contributed by atoms with Crippen LogP contribution in [0.5, 0.6) is 5.75 Å². The Kier molecular flexibility index (Phi) is 4.50. The van der Waals surface area contributed by atoms with E-state index < -0.39 is 12.4 Å². The minimum Gasteiger partial charge on any atom is -0.489 e. The molecule has 0 fully saturated rings. The maximum absolute atomic E-state index is 12.5. The average Bonchev–Trinajstić information content (AvgIpc) is 2.39. The van der Waals surface area contributed by atoms with Crippen molar-refractivity contribution >= 4 is 35.6 Å². The molecule has 0 aliphatic rings. The van der Waals surface area contributed by atoms with Gasteiger partial charge in [-0.3, -0.25) is 0 Å². The molecule has 0 aromatic heterocycles. The Hall–Kier alpha value is -1.33. The second-order valence-electron chi connectivity index (χ2n) is 4.17. The van der Waals surface area contributed by atoms with Gasteiger partial charge in [0.15, 0.2) is 0 Å². The van der Waals surface area contributed by atoms with Crippen molar-refractivity contribution in [2.75, 3.05) is 0 Å². The summed E-state index contributed by atoms with van der Waals surface area (Å²) in [7, 11) is 0. The maximum Gasteiger partial charge on any atom is 0.509 e. The van der Waals surface area contributed by atoms with Gasteiger partial charge in [0, 0.05) is 15.6 Å². The lowest BCUT2D eigenvalue weighted by Crippen LogP contribution is -2.33. The number of hydrogen-bond acceptors (Lipinski definition) is 1. The quantitative estimate of drug-likeness (QED) is 0.747. The van der Waals surface area contributed by atoms with Gasteiger partial charge in [-0.2, -0.15) is 0 Å². The van der Waals surface area contributed by atoms with Crippen molar-refractivity contribution in [2.24, 2.45) is 0 Å². The lowest BCUT2D eigenvalue weighted by Gasteiger charge is -2.15. The Morgan fingerprint density at radius 3 is 2.20 bits per heavy atom. The highest BCUT2D eigenvalue weighted by Gasteiger charge is 2.24. The van der Waals surface area contributed by atoms with E-state index in [0.717, 1.165) is 12.1 Å². The highest BCUT2D eigenvalue weighted by Crippen LogP contribution is 2.22. The monoisotopic (exact) mass is 319 g/mol. The van der Waals surface area contributed by atoms with Crippen molar-refractivity contribution in [3.63, 3.8) is 0 Å². The fourth-order valence-corrected chi connectivity index (χ4v) is 1.96. The highest BCUT2D eigenvalue weighted by atomic mass is 35.5. The van der Waals surface area contributed by atoms with Crippen LogP contribution in [0.1, 0.15) is 5.56 Å². The van der Waals surface area contributed by atoms with Crippen molar-refractivity contribution in [2.45, 2.75) is 6.61 Å². The van der Waals surface area contributed by atoms with E-state index in [0.29, 0.717) is 21.4 Å². The number of hydrogen-bond donors (Lipinski definition) is 0. The van der Waals surface area contributed by atoms with Crippen molar-refractivity contribution in [3.05, 3.63) is 58.1 Å². The lowest BCUT2D eigenvalue weighted by molar-refractivity contribution is 0.306. The second-order valence-corrected chi connectivity index (χ2v) is 5.01. The van der Waals surface area contributed by atoms with E-state index in [2.05, 4.69) is 0 Å². The van der Waals surface area contributed by atoms with E-state index in [1.54, 1.807) is 18.2 Å². The van der Waals surface area contributed by atoms with Crippen LogP contribution in [0, 0.1) is 0 Å². The molecule has 0 bridgehead atoms. The van der Waals surface area contributed by atoms with E-state index in [1.165, 1.54) is 12.1 Å². The summed E-state index contributed by atoms with van der Waals surface area (Å²) in [6.45, 7) is -4.85. The van der Waals surface area contributed by atoms with Crippen molar-refractivity contribution in [1.29, 1.82) is 0 Å². The molecular formula is C13H9BCl2F3O-. The molecular weight excluding hydrogens is 311 g/mol. The van der Waals surface area contributed by atoms with Gasteiger partial charge in [0.1, 0.15) is 12.4 Å². The summed E-state index contributed by atoms with van der Waals surface area (Å²) in [5.74, 6) is 0.338. The average molecular weight is 320 g/mol. The molecule has 0 unspecified atom stereocenters. The third-order valence-electron chi connectivity index (χ3n) is 2.66. The van der Waals surface area contributed by atoms with E-state index in [-0.39, 0.29) is 6.61 Å². The zero-order chi connectivity index (χ0) is 14.8. The fourth-order valence-electron chi connectivity index (χ4n) is 1.60. The number of halogens is 5. The van der Waals surface area contributed by atoms with Crippen molar-refractivity contribution < 1.29 is 17.7 Å². The number of ether oxygens (including phenoxy) is 1. The molecule has 20 heavy (non-hydrogen) atoms. The molecule has 0 spiro atoms. The van der Waals surface area contributed by atoms with Crippen LogP contribution in [0.2, 0.25) is 10.0 Å². The molecule has 106 valence electrons. The topological polar surface area (TPSA) is 9.23 Å². The van der Waals surface area contributed by atoms with Gasteiger partial charge in [-0.1, -0.05) is 35.3 Å². The van der Waals surface area contributed by atoms with Crippen LogP contribution < -0.4 is 10.2 Å². The summed E-state index contributed by atoms with van der Waals surface area (Å²) in [5.41, 5.74) is 0.0152. The molecule has 1 nitrogen and oxygen atoms in total. The zero-order valence-corrected chi connectivity index (χ0v) is 11.6. The summed E-state index contributed by atoms with van der Waals surface area (Å²) in [6.07, 6.45) is 0. The molecule has 0 saturated carbocycles. The van der Waals surface area contributed by atoms with Crippen molar-refractivity contribution in [1.82, 2.24) is 0 Å². The summed E-state index contributed by atoms with van der Waals surface area (Å²) >= 11 is 11.8. The van der Waals surface area contributed by atoms with E-state index in [1.807, 2.05) is 0 Å². The molecule has 2 aromatic carbocycles. The molecule has 0 N–H and O–H groups in total. The number of benzene rings is 2. The first-order valence-electron chi connectivity index (χ1n) is 5.73. The van der Waals surface area contributed by atoms with Gasteiger partial charge in [0.25, 0.3) is 0 Å². The largest absolute Gasteiger partial charge is 0.509 e. The van der Waals surface area contributed by atoms with Gasteiger partial charge in [-0.15, -0.1) is 5.46 Å². The minimum absolute atomic E-state index is 0.135. The van der Waals surface area contributed by atoms with Crippen LogP contribution >= 0.6 is 23.2 Å². The predicted molar refractivity (Wildman–Crippen MR) is 75.9 cm³/mol. The fraction of sp³-hybridized carbons (Fsp3) is 0.0769. The molecule has 0 aliphatic carbocycles. The first-order chi connectivity index (χ1) is 9.36. The van der Waals surface area contributed by atoms with Crippen LogP contribution in [0.15, 0.2) is 42.5 Å². The Morgan fingerprint density at radius 2 is 1.60 bits per heavy atom. The lowest BCUT2D eigenvalue weighted by atomic mass is 9.80. The molecule has 0 heterocycles. The first-order valence-corrected chi connectivity index (χ1v) is 6.48. The maximum atomic E-state index is 12.5. The molecule has 7 heteroatoms. The van der Waals surface area contributed by atoms with E-state index in [4.69, 9.17) is 27.9 Å². The van der Waals surface area contributed by atoms with Gasteiger partial charge < -0.3 is 17.7 Å². The van der Waals surface area contributed by atoms with E-state index in [9.17, 15) is 12.9 Å². The Bertz CT molecular complexity index is 600. The molecule has 0 atom stereocenters. The molecule has 2 aromatic rings. The zero-order valence-electron chi connectivity index (χ0n) is 10.1. The van der Waals surface area contributed by atoms with Crippen LogP contribution in [0.25, 0.3) is 0 Å². The Balaban J connectivity index is 2.06. The minimum atomic E-state index is -4.98. The smallest absolute Gasteiger partial charge is 0.489 e. The summed E-state index contributed by atoms with van der Waals surface area (Å²) in [6, 6.07) is 9.48. The third-order valence-corrected chi connectivity index (χ3v) is 3.26. The summed E-state index contributed by atoms with van der Waals surface area (Å²) in [5, 5.41) is 1.01. The Morgan fingerprint density at radius 1 is 0.950 bits per heavy atom. The normalized spacial score (nSPS) is 11.4. The number of rotatable bonds is 4. The highest BCUT2D eigenvalue weighted by molar-refractivity contribution is 6.73. The third kappa shape index (κ3) is 3.84. The predicted octanol–water partition coefficient (Wildman–Crippen LogP) is 4.63. The molecule has 0 aliphatic heterocycles. The summed E-state index contributed by atoms with van der Waals surface area (Å²) < 4.78 is 42.8. The van der Waals surface area contributed by atoms with E-state index >= 15 is 0 Å².